The minimum atomic E-state index is -0.468. The zero-order valence-electron chi connectivity index (χ0n) is 12.4. The Morgan fingerprint density at radius 1 is 1.24 bits per heavy atom. The number of carbonyl (C=O) groups is 2. The third-order valence-electron chi connectivity index (χ3n) is 2.56. The van der Waals surface area contributed by atoms with E-state index in [-0.39, 0.29) is 25.5 Å². The van der Waals surface area contributed by atoms with Crippen LogP contribution in [0, 0.1) is 6.92 Å². The summed E-state index contributed by atoms with van der Waals surface area (Å²) in [5.41, 5.74) is 1.09. The van der Waals surface area contributed by atoms with Gasteiger partial charge in [0.2, 0.25) is 0 Å². The summed E-state index contributed by atoms with van der Waals surface area (Å²) in [4.78, 5) is 22.7. The van der Waals surface area contributed by atoms with Crippen LogP contribution in [0.5, 0.6) is 5.75 Å². The largest absolute Gasteiger partial charge is 0.493 e. The van der Waals surface area contributed by atoms with E-state index in [1.165, 1.54) is 0 Å². The van der Waals surface area contributed by atoms with E-state index in [2.05, 4.69) is 5.32 Å². The zero-order valence-corrected chi connectivity index (χ0v) is 12.4. The first-order valence-electron chi connectivity index (χ1n) is 6.72. The van der Waals surface area contributed by atoms with E-state index < -0.39 is 5.97 Å². The zero-order chi connectivity index (χ0) is 15.5. The standard InChI is InChI=1S/C15H21NO5/c1-12-4-3-5-13(10-12)20-8-6-15(18)21-11-14(17)16-7-9-19-2/h3-5,10H,6-9,11H2,1-2H3,(H,16,17). The molecule has 0 aliphatic heterocycles. The molecule has 0 aliphatic carbocycles. The van der Waals surface area contributed by atoms with E-state index >= 15 is 0 Å². The first kappa shape index (κ1) is 17.0. The van der Waals surface area contributed by atoms with Crippen LogP contribution in [-0.4, -0.2) is 45.4 Å². The molecule has 0 aliphatic rings. The van der Waals surface area contributed by atoms with Crippen molar-refractivity contribution in [1.29, 1.82) is 0 Å². The fourth-order valence-corrected chi connectivity index (χ4v) is 1.52. The van der Waals surface area contributed by atoms with Crippen molar-refractivity contribution in [2.24, 2.45) is 0 Å². The second-order valence-electron chi connectivity index (χ2n) is 4.42. The predicted octanol–water partition coefficient (Wildman–Crippen LogP) is 1.07. The number of nitrogens with one attached hydrogen (secondary N) is 1. The van der Waals surface area contributed by atoms with Crippen LogP contribution in [-0.2, 0) is 19.1 Å². The van der Waals surface area contributed by atoms with Gasteiger partial charge in [0.1, 0.15) is 5.75 Å². The van der Waals surface area contributed by atoms with Gasteiger partial charge in [-0.2, -0.15) is 0 Å². The molecule has 0 saturated carbocycles. The molecule has 0 bridgehead atoms. The maximum absolute atomic E-state index is 11.4. The summed E-state index contributed by atoms with van der Waals surface area (Å²) in [5, 5.41) is 2.55. The second kappa shape index (κ2) is 9.77. The van der Waals surface area contributed by atoms with Gasteiger partial charge in [0.05, 0.1) is 19.6 Å². The number of esters is 1. The molecule has 21 heavy (non-hydrogen) atoms. The smallest absolute Gasteiger partial charge is 0.309 e. The highest BCUT2D eigenvalue weighted by atomic mass is 16.5. The summed E-state index contributed by atoms with van der Waals surface area (Å²) < 4.78 is 15.0. The Morgan fingerprint density at radius 3 is 2.76 bits per heavy atom. The summed E-state index contributed by atoms with van der Waals surface area (Å²) in [6.45, 7) is 2.71. The second-order valence-corrected chi connectivity index (χ2v) is 4.42. The van der Waals surface area contributed by atoms with Crippen molar-refractivity contribution in [2.45, 2.75) is 13.3 Å². The van der Waals surface area contributed by atoms with Gasteiger partial charge in [0, 0.05) is 13.7 Å². The third kappa shape index (κ3) is 7.94. The molecule has 0 fully saturated rings. The molecule has 6 nitrogen and oxygen atoms in total. The van der Waals surface area contributed by atoms with Gasteiger partial charge in [0.15, 0.2) is 6.61 Å². The van der Waals surface area contributed by atoms with Gasteiger partial charge < -0.3 is 19.5 Å². The highest BCUT2D eigenvalue weighted by Crippen LogP contribution is 2.12. The van der Waals surface area contributed by atoms with Gasteiger partial charge >= 0.3 is 5.97 Å². The lowest BCUT2D eigenvalue weighted by Crippen LogP contribution is -2.31. The number of ether oxygens (including phenoxy) is 3. The lowest BCUT2D eigenvalue weighted by atomic mass is 10.2. The molecule has 0 unspecified atom stereocenters. The van der Waals surface area contributed by atoms with Gasteiger partial charge in [-0.15, -0.1) is 0 Å². The van der Waals surface area contributed by atoms with E-state index in [0.29, 0.717) is 18.9 Å². The molecule has 1 amide bonds. The predicted molar refractivity (Wildman–Crippen MR) is 77.1 cm³/mol. The number of benzene rings is 1. The average Bonchev–Trinajstić information content (AvgIpc) is 2.45. The van der Waals surface area contributed by atoms with Gasteiger partial charge in [-0.25, -0.2) is 0 Å². The van der Waals surface area contributed by atoms with Gasteiger partial charge in [0.25, 0.3) is 5.91 Å². The van der Waals surface area contributed by atoms with Crippen LogP contribution in [0.4, 0.5) is 0 Å². The van der Waals surface area contributed by atoms with E-state index in [1.54, 1.807) is 7.11 Å². The first-order chi connectivity index (χ1) is 10.1. The van der Waals surface area contributed by atoms with Crippen LogP contribution >= 0.6 is 0 Å². The Balaban J connectivity index is 2.12. The molecule has 1 aromatic rings. The van der Waals surface area contributed by atoms with Crippen LogP contribution in [0.25, 0.3) is 0 Å². The van der Waals surface area contributed by atoms with Crippen molar-refractivity contribution < 1.29 is 23.8 Å². The third-order valence-corrected chi connectivity index (χ3v) is 2.56. The first-order valence-corrected chi connectivity index (χ1v) is 6.72. The van der Waals surface area contributed by atoms with Crippen LogP contribution in [0.2, 0.25) is 0 Å². The molecule has 0 aromatic heterocycles. The Hall–Kier alpha value is -2.08. The molecular formula is C15H21NO5. The van der Waals surface area contributed by atoms with Crippen molar-refractivity contribution in [3.8, 4) is 5.75 Å². The summed E-state index contributed by atoms with van der Waals surface area (Å²) >= 11 is 0. The molecule has 0 radical (unpaired) electrons. The summed E-state index contributed by atoms with van der Waals surface area (Å²) in [6, 6.07) is 7.55. The van der Waals surface area contributed by atoms with E-state index in [4.69, 9.17) is 14.2 Å². The number of aryl methyl sites for hydroxylation is 1. The van der Waals surface area contributed by atoms with Gasteiger partial charge in [-0.3, -0.25) is 9.59 Å². The van der Waals surface area contributed by atoms with Crippen molar-refractivity contribution in [1.82, 2.24) is 5.32 Å². The molecule has 1 aromatic carbocycles. The fraction of sp³-hybridized carbons (Fsp3) is 0.467. The van der Waals surface area contributed by atoms with Crippen LogP contribution < -0.4 is 10.1 Å². The van der Waals surface area contributed by atoms with Crippen molar-refractivity contribution in [3.05, 3.63) is 29.8 Å². The number of methoxy groups -OCH3 is 1. The normalized spacial score (nSPS) is 10.0. The molecule has 1 rings (SSSR count). The van der Waals surface area contributed by atoms with Crippen molar-refractivity contribution in [3.63, 3.8) is 0 Å². The highest BCUT2D eigenvalue weighted by molar-refractivity contribution is 5.80. The molecule has 6 heteroatoms. The van der Waals surface area contributed by atoms with E-state index in [0.717, 1.165) is 5.56 Å². The quantitative estimate of drug-likeness (QED) is 0.545. The fourth-order valence-electron chi connectivity index (χ4n) is 1.52. The van der Waals surface area contributed by atoms with Crippen molar-refractivity contribution >= 4 is 11.9 Å². The minimum absolute atomic E-state index is 0.0965. The highest BCUT2D eigenvalue weighted by Gasteiger charge is 2.07. The Morgan fingerprint density at radius 2 is 2.05 bits per heavy atom. The average molecular weight is 295 g/mol. The maximum Gasteiger partial charge on any atom is 0.309 e. The number of rotatable bonds is 9. The SMILES string of the molecule is COCCNC(=O)COC(=O)CCOc1cccc(C)c1. The van der Waals surface area contributed by atoms with E-state index in [1.807, 2.05) is 31.2 Å². The van der Waals surface area contributed by atoms with E-state index in [9.17, 15) is 9.59 Å². The maximum atomic E-state index is 11.4. The lowest BCUT2D eigenvalue weighted by Gasteiger charge is -2.08. The molecule has 0 atom stereocenters. The molecule has 116 valence electrons. The molecule has 0 heterocycles. The summed E-state index contributed by atoms with van der Waals surface area (Å²) in [6.07, 6.45) is 0.0965. The molecule has 0 saturated heterocycles. The number of carbonyl (C=O) groups excluding carboxylic acids is 2. The Labute approximate surface area is 124 Å². The number of hydrogen-bond donors (Lipinski definition) is 1. The molecular weight excluding hydrogens is 274 g/mol. The number of hydrogen-bond acceptors (Lipinski definition) is 5. The van der Waals surface area contributed by atoms with Crippen LogP contribution in [0.1, 0.15) is 12.0 Å². The van der Waals surface area contributed by atoms with Gasteiger partial charge in [-0.1, -0.05) is 12.1 Å². The van der Waals surface area contributed by atoms with Crippen LogP contribution in [0.15, 0.2) is 24.3 Å². The summed E-state index contributed by atoms with van der Waals surface area (Å²) in [7, 11) is 1.54. The minimum Gasteiger partial charge on any atom is -0.493 e. The monoisotopic (exact) mass is 295 g/mol. The van der Waals surface area contributed by atoms with Crippen LogP contribution in [0.3, 0.4) is 0 Å². The topological polar surface area (TPSA) is 73.9 Å². The van der Waals surface area contributed by atoms with Crippen molar-refractivity contribution in [2.75, 3.05) is 33.5 Å². The number of amides is 1. The molecule has 0 spiro atoms. The Kier molecular flexibility index (Phi) is 7.89. The summed E-state index contributed by atoms with van der Waals surface area (Å²) in [5.74, 6) is -0.107. The Bertz CT molecular complexity index is 461. The van der Waals surface area contributed by atoms with Gasteiger partial charge in [-0.05, 0) is 24.6 Å². The lowest BCUT2D eigenvalue weighted by molar-refractivity contribution is -0.149. The molecule has 1 N–H and O–H groups in total.